The van der Waals surface area contributed by atoms with Crippen LogP contribution in [0.5, 0.6) is 5.75 Å². The maximum absolute atomic E-state index is 11.8. The highest BCUT2D eigenvalue weighted by Gasteiger charge is 2.17. The van der Waals surface area contributed by atoms with Crippen LogP contribution in [-0.4, -0.2) is 13.1 Å². The van der Waals surface area contributed by atoms with Gasteiger partial charge in [0.1, 0.15) is 17.9 Å². The first kappa shape index (κ1) is 15.5. The van der Waals surface area contributed by atoms with Gasteiger partial charge < -0.3 is 15.2 Å². The molecule has 0 spiro atoms. The molecule has 0 bridgehead atoms. The monoisotopic (exact) mass is 325 g/mol. The Hall–Kier alpha value is -1.91. The SMILES string of the molecule is COC(=O)c1c(N)cccc1OCc1cccc(Cl)c1Cl. The fraction of sp³-hybridized carbons (Fsp3) is 0.133. The molecule has 0 fully saturated rings. The summed E-state index contributed by atoms with van der Waals surface area (Å²) in [6.07, 6.45) is 0. The molecule has 0 aliphatic heterocycles. The predicted molar refractivity (Wildman–Crippen MR) is 83.0 cm³/mol. The van der Waals surface area contributed by atoms with Crippen molar-refractivity contribution in [3.63, 3.8) is 0 Å². The minimum absolute atomic E-state index is 0.160. The molecule has 0 atom stereocenters. The molecule has 6 heteroatoms. The molecule has 0 radical (unpaired) electrons. The number of anilines is 1. The number of nitrogens with two attached hydrogens (primary N) is 1. The summed E-state index contributed by atoms with van der Waals surface area (Å²) < 4.78 is 10.3. The van der Waals surface area contributed by atoms with Gasteiger partial charge in [0.25, 0.3) is 0 Å². The van der Waals surface area contributed by atoms with Gasteiger partial charge in [-0.1, -0.05) is 41.4 Å². The average molecular weight is 326 g/mol. The summed E-state index contributed by atoms with van der Waals surface area (Å²) in [5, 5.41) is 0.862. The Bertz CT molecular complexity index is 674. The van der Waals surface area contributed by atoms with E-state index in [1.807, 2.05) is 0 Å². The van der Waals surface area contributed by atoms with E-state index in [1.54, 1.807) is 36.4 Å². The van der Waals surface area contributed by atoms with Crippen LogP contribution in [0.25, 0.3) is 0 Å². The number of ether oxygens (including phenoxy) is 2. The van der Waals surface area contributed by atoms with E-state index in [9.17, 15) is 4.79 Å². The van der Waals surface area contributed by atoms with Crippen molar-refractivity contribution in [3.8, 4) is 5.75 Å². The van der Waals surface area contributed by atoms with E-state index in [2.05, 4.69) is 0 Å². The van der Waals surface area contributed by atoms with Gasteiger partial charge in [0.15, 0.2) is 0 Å². The Labute approximate surface area is 132 Å². The van der Waals surface area contributed by atoms with Crippen LogP contribution in [0.3, 0.4) is 0 Å². The Morgan fingerprint density at radius 2 is 1.90 bits per heavy atom. The number of hydrogen-bond donors (Lipinski definition) is 1. The second-order valence-electron chi connectivity index (χ2n) is 4.21. The van der Waals surface area contributed by atoms with E-state index in [-0.39, 0.29) is 17.9 Å². The molecular formula is C15H13Cl2NO3. The van der Waals surface area contributed by atoms with Crippen molar-refractivity contribution in [2.45, 2.75) is 6.61 Å². The second-order valence-corrected chi connectivity index (χ2v) is 5.00. The summed E-state index contributed by atoms with van der Waals surface area (Å²) in [6.45, 7) is 0.160. The first-order chi connectivity index (χ1) is 10.0. The van der Waals surface area contributed by atoms with Crippen molar-refractivity contribution in [2.75, 3.05) is 12.8 Å². The molecule has 0 saturated carbocycles. The summed E-state index contributed by atoms with van der Waals surface area (Å²) in [4.78, 5) is 11.8. The number of nitrogen functional groups attached to an aromatic ring is 1. The Morgan fingerprint density at radius 3 is 2.62 bits per heavy atom. The highest BCUT2D eigenvalue weighted by Crippen LogP contribution is 2.29. The zero-order valence-corrected chi connectivity index (χ0v) is 12.7. The number of carbonyl (C=O) groups is 1. The summed E-state index contributed by atoms with van der Waals surface area (Å²) >= 11 is 12.0. The summed E-state index contributed by atoms with van der Waals surface area (Å²) in [7, 11) is 1.28. The van der Waals surface area contributed by atoms with E-state index >= 15 is 0 Å². The van der Waals surface area contributed by atoms with Crippen molar-refractivity contribution in [1.29, 1.82) is 0 Å². The number of rotatable bonds is 4. The van der Waals surface area contributed by atoms with Gasteiger partial charge in [0, 0.05) is 11.3 Å². The van der Waals surface area contributed by atoms with Crippen LogP contribution in [0.4, 0.5) is 5.69 Å². The Balaban J connectivity index is 2.26. The molecule has 4 nitrogen and oxygen atoms in total. The zero-order chi connectivity index (χ0) is 15.4. The Kier molecular flexibility index (Phi) is 4.94. The molecule has 0 aliphatic rings. The van der Waals surface area contributed by atoms with Crippen molar-refractivity contribution in [2.24, 2.45) is 0 Å². The van der Waals surface area contributed by atoms with Crippen molar-refractivity contribution in [1.82, 2.24) is 0 Å². The van der Waals surface area contributed by atoms with Crippen LogP contribution < -0.4 is 10.5 Å². The van der Waals surface area contributed by atoms with Crippen molar-refractivity contribution < 1.29 is 14.3 Å². The maximum atomic E-state index is 11.8. The zero-order valence-electron chi connectivity index (χ0n) is 11.2. The summed E-state index contributed by atoms with van der Waals surface area (Å²) in [5.74, 6) is -0.224. The van der Waals surface area contributed by atoms with Crippen LogP contribution in [0, 0.1) is 0 Å². The maximum Gasteiger partial charge on any atom is 0.343 e. The van der Waals surface area contributed by atoms with Crippen LogP contribution in [0.2, 0.25) is 10.0 Å². The van der Waals surface area contributed by atoms with Crippen LogP contribution >= 0.6 is 23.2 Å². The lowest BCUT2D eigenvalue weighted by Crippen LogP contribution is -2.09. The number of hydrogen-bond acceptors (Lipinski definition) is 4. The topological polar surface area (TPSA) is 61.5 Å². The molecule has 0 heterocycles. The quantitative estimate of drug-likeness (QED) is 0.683. The predicted octanol–water partition coefficient (Wildman–Crippen LogP) is 3.94. The third-order valence-corrected chi connectivity index (χ3v) is 3.72. The minimum atomic E-state index is -0.555. The number of esters is 1. The number of benzene rings is 2. The molecular weight excluding hydrogens is 313 g/mol. The summed E-state index contributed by atoms with van der Waals surface area (Å²) in [5.41, 5.74) is 6.98. The van der Waals surface area contributed by atoms with E-state index in [0.717, 1.165) is 0 Å². The lowest BCUT2D eigenvalue weighted by Gasteiger charge is -2.13. The van der Waals surface area contributed by atoms with Gasteiger partial charge in [-0.15, -0.1) is 0 Å². The molecule has 0 saturated heterocycles. The van der Waals surface area contributed by atoms with Gasteiger partial charge >= 0.3 is 5.97 Å². The minimum Gasteiger partial charge on any atom is -0.488 e. The molecule has 2 rings (SSSR count). The van der Waals surface area contributed by atoms with Gasteiger partial charge in [0.05, 0.1) is 17.2 Å². The molecule has 2 N–H and O–H groups in total. The third kappa shape index (κ3) is 3.40. The lowest BCUT2D eigenvalue weighted by atomic mass is 10.1. The van der Waals surface area contributed by atoms with Crippen LogP contribution in [-0.2, 0) is 11.3 Å². The van der Waals surface area contributed by atoms with E-state index in [4.69, 9.17) is 38.4 Å². The first-order valence-corrected chi connectivity index (χ1v) is 6.82. The van der Waals surface area contributed by atoms with E-state index < -0.39 is 5.97 Å². The second kappa shape index (κ2) is 6.70. The molecule has 0 aliphatic carbocycles. The van der Waals surface area contributed by atoms with E-state index in [0.29, 0.717) is 21.4 Å². The standard InChI is InChI=1S/C15H13Cl2NO3/c1-20-15(19)13-11(18)6-3-7-12(13)21-8-9-4-2-5-10(16)14(9)17/h2-7H,8,18H2,1H3. The largest absolute Gasteiger partial charge is 0.488 e. The van der Waals surface area contributed by atoms with Gasteiger partial charge in [-0.05, 0) is 18.2 Å². The fourth-order valence-electron chi connectivity index (χ4n) is 1.80. The molecule has 2 aromatic rings. The van der Waals surface area contributed by atoms with Crippen LogP contribution in [0.1, 0.15) is 15.9 Å². The molecule has 2 aromatic carbocycles. The molecule has 0 aromatic heterocycles. The smallest absolute Gasteiger partial charge is 0.343 e. The third-order valence-electron chi connectivity index (χ3n) is 2.86. The van der Waals surface area contributed by atoms with Gasteiger partial charge in [-0.2, -0.15) is 0 Å². The highest BCUT2D eigenvalue weighted by molar-refractivity contribution is 6.42. The number of methoxy groups -OCH3 is 1. The van der Waals surface area contributed by atoms with Crippen LogP contribution in [0.15, 0.2) is 36.4 Å². The van der Waals surface area contributed by atoms with Gasteiger partial charge in [-0.3, -0.25) is 0 Å². The van der Waals surface area contributed by atoms with E-state index in [1.165, 1.54) is 7.11 Å². The first-order valence-electron chi connectivity index (χ1n) is 6.07. The van der Waals surface area contributed by atoms with Gasteiger partial charge in [-0.25, -0.2) is 4.79 Å². The summed E-state index contributed by atoms with van der Waals surface area (Å²) in [6, 6.07) is 10.2. The molecule has 0 amide bonds. The molecule has 110 valence electrons. The number of halogens is 2. The van der Waals surface area contributed by atoms with Crippen molar-refractivity contribution in [3.05, 3.63) is 57.6 Å². The average Bonchev–Trinajstić information content (AvgIpc) is 2.48. The molecule has 0 unspecified atom stereocenters. The Morgan fingerprint density at radius 1 is 1.19 bits per heavy atom. The fourth-order valence-corrected chi connectivity index (χ4v) is 2.18. The highest BCUT2D eigenvalue weighted by atomic mass is 35.5. The number of carbonyl (C=O) groups excluding carboxylic acids is 1. The van der Waals surface area contributed by atoms with Crippen molar-refractivity contribution >= 4 is 34.9 Å². The molecule has 21 heavy (non-hydrogen) atoms. The lowest BCUT2D eigenvalue weighted by molar-refractivity contribution is 0.0597. The normalized spacial score (nSPS) is 10.2. The van der Waals surface area contributed by atoms with Gasteiger partial charge in [0.2, 0.25) is 0 Å².